The molecule has 1 fully saturated rings. The van der Waals surface area contributed by atoms with Gasteiger partial charge < -0.3 is 4.74 Å². The van der Waals surface area contributed by atoms with Crippen molar-refractivity contribution in [1.82, 2.24) is 4.31 Å². The van der Waals surface area contributed by atoms with Crippen LogP contribution < -0.4 is 0 Å². The van der Waals surface area contributed by atoms with Crippen molar-refractivity contribution >= 4 is 39.2 Å². The summed E-state index contributed by atoms with van der Waals surface area (Å²) in [6, 6.07) is 14.8. The van der Waals surface area contributed by atoms with Gasteiger partial charge in [0.25, 0.3) is 0 Å². The number of halogens is 2. The fraction of sp³-hybridized carbons (Fsp3) is 0.348. The zero-order valence-corrected chi connectivity index (χ0v) is 19.8. The monoisotopic (exact) mass is 483 g/mol. The number of rotatable bonds is 6. The Morgan fingerprint density at radius 2 is 1.87 bits per heavy atom. The average Bonchev–Trinajstić information content (AvgIpc) is 2.74. The molecule has 0 saturated carbocycles. The smallest absolute Gasteiger partial charge is 0.309 e. The van der Waals surface area contributed by atoms with Crippen molar-refractivity contribution in [1.29, 1.82) is 0 Å². The van der Waals surface area contributed by atoms with E-state index in [2.05, 4.69) is 6.58 Å². The molecule has 0 bridgehead atoms. The SMILES string of the molecule is C=CCS(=O)(=O)N1CCCC(c2cccc(CC(=O)OC)c2)C1.Clc1cccc(Cl)c1. The molecule has 0 aromatic heterocycles. The van der Waals surface area contributed by atoms with Gasteiger partial charge in [0.05, 0.1) is 19.3 Å². The first-order valence-electron chi connectivity index (χ1n) is 9.90. The molecule has 5 nitrogen and oxygen atoms in total. The Bertz CT molecular complexity index is 977. The Morgan fingerprint density at radius 3 is 2.45 bits per heavy atom. The van der Waals surface area contributed by atoms with Crippen molar-refractivity contribution in [3.8, 4) is 0 Å². The maximum absolute atomic E-state index is 12.2. The normalized spacial score (nSPS) is 16.7. The summed E-state index contributed by atoms with van der Waals surface area (Å²) in [7, 11) is -1.90. The van der Waals surface area contributed by atoms with Crippen LogP contribution in [0.1, 0.15) is 29.9 Å². The van der Waals surface area contributed by atoms with E-state index in [1.807, 2.05) is 30.3 Å². The number of carbonyl (C=O) groups excluding carboxylic acids is 1. The lowest BCUT2D eigenvalue weighted by atomic mass is 9.90. The predicted molar refractivity (Wildman–Crippen MR) is 126 cm³/mol. The molecule has 1 heterocycles. The molecule has 2 aromatic carbocycles. The van der Waals surface area contributed by atoms with Gasteiger partial charge in [0.15, 0.2) is 0 Å². The highest BCUT2D eigenvalue weighted by molar-refractivity contribution is 7.89. The van der Waals surface area contributed by atoms with E-state index in [1.54, 1.807) is 22.5 Å². The van der Waals surface area contributed by atoms with Gasteiger partial charge in [-0.3, -0.25) is 4.79 Å². The van der Waals surface area contributed by atoms with E-state index in [4.69, 9.17) is 27.9 Å². The number of methoxy groups -OCH3 is 1. The summed E-state index contributed by atoms with van der Waals surface area (Å²) >= 11 is 11.1. The van der Waals surface area contributed by atoms with Crippen molar-refractivity contribution in [3.05, 3.63) is 82.4 Å². The second-order valence-corrected chi connectivity index (χ2v) is 10.1. The molecule has 1 unspecified atom stereocenters. The number of benzene rings is 2. The summed E-state index contributed by atoms with van der Waals surface area (Å²) in [6.07, 6.45) is 3.44. The second-order valence-electron chi connectivity index (χ2n) is 7.20. The van der Waals surface area contributed by atoms with E-state index in [0.29, 0.717) is 23.1 Å². The first kappa shape index (κ1) is 25.4. The predicted octanol–water partition coefficient (Wildman–Crippen LogP) is 5.09. The molecule has 0 radical (unpaired) electrons. The molecule has 0 amide bonds. The summed E-state index contributed by atoms with van der Waals surface area (Å²) in [5.74, 6) is -0.149. The Labute approximate surface area is 194 Å². The van der Waals surface area contributed by atoms with Gasteiger partial charge >= 0.3 is 5.97 Å². The van der Waals surface area contributed by atoms with E-state index in [0.717, 1.165) is 24.0 Å². The number of sulfonamides is 1. The molecule has 0 spiro atoms. The topological polar surface area (TPSA) is 63.7 Å². The number of esters is 1. The van der Waals surface area contributed by atoms with E-state index in [-0.39, 0.29) is 24.1 Å². The van der Waals surface area contributed by atoms with Crippen LogP contribution in [0.4, 0.5) is 0 Å². The van der Waals surface area contributed by atoms with E-state index in [1.165, 1.54) is 13.2 Å². The van der Waals surface area contributed by atoms with Crippen LogP contribution in [0, 0.1) is 0 Å². The van der Waals surface area contributed by atoms with Gasteiger partial charge in [-0.25, -0.2) is 12.7 Å². The van der Waals surface area contributed by atoms with Crippen LogP contribution in [0.3, 0.4) is 0 Å². The largest absolute Gasteiger partial charge is 0.469 e. The molecular weight excluding hydrogens is 457 g/mol. The molecule has 1 aliphatic rings. The standard InChI is InChI=1S/C17H23NO4S.C6H4Cl2/c1-3-10-23(20,21)18-9-5-8-16(13-18)15-7-4-6-14(11-15)12-17(19)22-2;7-5-2-1-3-6(8)4-5/h3-4,6-7,11,16H,1,5,8-10,12-13H2,2H3;1-4H. The van der Waals surface area contributed by atoms with E-state index >= 15 is 0 Å². The maximum atomic E-state index is 12.2. The second kappa shape index (κ2) is 12.2. The first-order valence-corrected chi connectivity index (χ1v) is 12.3. The first-order chi connectivity index (χ1) is 14.7. The minimum atomic E-state index is -3.27. The zero-order chi connectivity index (χ0) is 22.9. The van der Waals surface area contributed by atoms with Crippen molar-refractivity contribution in [3.63, 3.8) is 0 Å². The molecule has 1 saturated heterocycles. The van der Waals surface area contributed by atoms with Crippen LogP contribution in [0.25, 0.3) is 0 Å². The van der Waals surface area contributed by atoms with Crippen LogP contribution in [-0.4, -0.2) is 44.6 Å². The summed E-state index contributed by atoms with van der Waals surface area (Å²) in [5.41, 5.74) is 1.96. The molecule has 8 heteroatoms. The Hall–Kier alpha value is -1.86. The van der Waals surface area contributed by atoms with Gasteiger partial charge in [0.1, 0.15) is 0 Å². The Morgan fingerprint density at radius 1 is 1.19 bits per heavy atom. The highest BCUT2D eigenvalue weighted by Gasteiger charge is 2.28. The van der Waals surface area contributed by atoms with Crippen LogP contribution >= 0.6 is 23.2 Å². The lowest BCUT2D eigenvalue weighted by Gasteiger charge is -2.32. The molecular formula is C23H27Cl2NO4S. The number of hydrogen-bond donors (Lipinski definition) is 0. The van der Waals surface area contributed by atoms with Crippen LogP contribution in [-0.2, 0) is 26.0 Å². The number of hydrogen-bond acceptors (Lipinski definition) is 4. The van der Waals surface area contributed by atoms with Gasteiger partial charge in [0, 0.05) is 23.1 Å². The summed E-state index contributed by atoms with van der Waals surface area (Å²) in [5, 5.41) is 1.36. The third-order valence-corrected chi connectivity index (χ3v) is 7.14. The van der Waals surface area contributed by atoms with Crippen LogP contribution in [0.5, 0.6) is 0 Å². The van der Waals surface area contributed by atoms with Crippen LogP contribution in [0.15, 0.2) is 61.2 Å². The number of nitrogens with zero attached hydrogens (tertiary/aromatic N) is 1. The van der Waals surface area contributed by atoms with E-state index < -0.39 is 10.0 Å². The third kappa shape index (κ3) is 8.30. The van der Waals surface area contributed by atoms with E-state index in [9.17, 15) is 13.2 Å². The fourth-order valence-electron chi connectivity index (χ4n) is 3.38. The summed E-state index contributed by atoms with van der Waals surface area (Å²) in [6.45, 7) is 4.56. The quantitative estimate of drug-likeness (QED) is 0.423. The summed E-state index contributed by atoms with van der Waals surface area (Å²) < 4.78 is 30.7. The van der Waals surface area contributed by atoms with Crippen LogP contribution in [0.2, 0.25) is 10.0 Å². The molecule has 3 rings (SSSR count). The molecule has 1 aliphatic heterocycles. The summed E-state index contributed by atoms with van der Waals surface area (Å²) in [4.78, 5) is 11.4. The number of carbonyl (C=O) groups is 1. The molecule has 2 aromatic rings. The molecule has 31 heavy (non-hydrogen) atoms. The number of ether oxygens (including phenoxy) is 1. The van der Waals surface area contributed by atoms with Crippen molar-refractivity contribution in [2.75, 3.05) is 26.0 Å². The van der Waals surface area contributed by atoms with Gasteiger partial charge in [-0.1, -0.05) is 59.6 Å². The molecule has 168 valence electrons. The number of piperidine rings is 1. The lowest BCUT2D eigenvalue weighted by molar-refractivity contribution is -0.139. The highest BCUT2D eigenvalue weighted by atomic mass is 35.5. The highest BCUT2D eigenvalue weighted by Crippen LogP contribution is 2.29. The van der Waals surface area contributed by atoms with Gasteiger partial charge in [-0.2, -0.15) is 0 Å². The average molecular weight is 484 g/mol. The maximum Gasteiger partial charge on any atom is 0.309 e. The molecule has 1 atom stereocenters. The lowest BCUT2D eigenvalue weighted by Crippen LogP contribution is -2.40. The fourth-order valence-corrected chi connectivity index (χ4v) is 5.14. The zero-order valence-electron chi connectivity index (χ0n) is 17.5. The Kier molecular flexibility index (Phi) is 10.0. The Balaban J connectivity index is 0.000000357. The van der Waals surface area contributed by atoms with Crippen molar-refractivity contribution in [2.45, 2.75) is 25.2 Å². The minimum absolute atomic E-state index is 0.0257. The van der Waals surface area contributed by atoms with Gasteiger partial charge in [0.2, 0.25) is 10.0 Å². The minimum Gasteiger partial charge on any atom is -0.469 e. The molecule has 0 aliphatic carbocycles. The molecule has 0 N–H and O–H groups in total. The van der Waals surface area contributed by atoms with Gasteiger partial charge in [-0.05, 0) is 48.1 Å². The third-order valence-electron chi connectivity index (χ3n) is 4.89. The van der Waals surface area contributed by atoms with Crippen molar-refractivity contribution in [2.24, 2.45) is 0 Å². The van der Waals surface area contributed by atoms with Gasteiger partial charge in [-0.15, -0.1) is 6.58 Å². The van der Waals surface area contributed by atoms with Crippen molar-refractivity contribution < 1.29 is 17.9 Å².